The number of carbonyl (C=O) groups is 2. The first-order chi connectivity index (χ1) is 9.22. The van der Waals surface area contributed by atoms with Gasteiger partial charge in [0.15, 0.2) is 0 Å². The van der Waals surface area contributed by atoms with Gasteiger partial charge >= 0.3 is 6.03 Å². The van der Waals surface area contributed by atoms with E-state index in [9.17, 15) is 9.59 Å². The number of hydrogen-bond acceptors (Lipinski definition) is 3. The SMILES string of the molecule is CCCNCC(=O)N1CCC(N2CCNC2=O)CC1. The Hall–Kier alpha value is -1.30. The summed E-state index contributed by atoms with van der Waals surface area (Å²) in [4.78, 5) is 27.3. The summed E-state index contributed by atoms with van der Waals surface area (Å²) >= 11 is 0. The van der Waals surface area contributed by atoms with E-state index in [1.165, 1.54) is 0 Å². The van der Waals surface area contributed by atoms with Crippen molar-refractivity contribution in [2.45, 2.75) is 32.2 Å². The molecule has 0 spiro atoms. The van der Waals surface area contributed by atoms with Gasteiger partial charge in [-0.15, -0.1) is 0 Å². The fourth-order valence-corrected chi connectivity index (χ4v) is 2.75. The second kappa shape index (κ2) is 6.75. The van der Waals surface area contributed by atoms with Crippen LogP contribution < -0.4 is 10.6 Å². The Balaban J connectivity index is 1.72. The molecule has 2 saturated heterocycles. The molecule has 0 aromatic rings. The molecule has 0 aromatic heterocycles. The molecule has 2 fully saturated rings. The van der Waals surface area contributed by atoms with Crippen molar-refractivity contribution in [1.82, 2.24) is 20.4 Å². The Bertz CT molecular complexity index is 327. The molecular formula is C13H24N4O2. The van der Waals surface area contributed by atoms with Crippen molar-refractivity contribution < 1.29 is 9.59 Å². The third-order valence-corrected chi connectivity index (χ3v) is 3.85. The largest absolute Gasteiger partial charge is 0.341 e. The van der Waals surface area contributed by atoms with Gasteiger partial charge in [-0.25, -0.2) is 4.79 Å². The molecule has 6 heteroatoms. The lowest BCUT2D eigenvalue weighted by Gasteiger charge is -2.36. The fraction of sp³-hybridized carbons (Fsp3) is 0.846. The number of piperidine rings is 1. The average molecular weight is 268 g/mol. The molecule has 0 bridgehead atoms. The minimum atomic E-state index is 0.0504. The molecule has 0 radical (unpaired) electrons. The number of likely N-dealkylation sites (tertiary alicyclic amines) is 1. The molecule has 0 saturated carbocycles. The molecular weight excluding hydrogens is 244 g/mol. The van der Waals surface area contributed by atoms with Gasteiger partial charge in [-0.2, -0.15) is 0 Å². The first-order valence-electron chi connectivity index (χ1n) is 7.25. The normalized spacial score (nSPS) is 20.8. The number of nitrogens with zero attached hydrogens (tertiary/aromatic N) is 2. The van der Waals surface area contributed by atoms with Gasteiger partial charge < -0.3 is 20.4 Å². The number of rotatable bonds is 5. The van der Waals surface area contributed by atoms with E-state index in [-0.39, 0.29) is 11.9 Å². The Labute approximate surface area is 114 Å². The predicted octanol–water partition coefficient (Wildman–Crippen LogP) is 0.00220. The summed E-state index contributed by atoms with van der Waals surface area (Å²) in [7, 11) is 0. The van der Waals surface area contributed by atoms with Crippen molar-refractivity contribution in [3.05, 3.63) is 0 Å². The highest BCUT2D eigenvalue weighted by Crippen LogP contribution is 2.18. The maximum absolute atomic E-state index is 11.9. The third-order valence-electron chi connectivity index (χ3n) is 3.85. The lowest BCUT2D eigenvalue weighted by atomic mass is 10.0. The van der Waals surface area contributed by atoms with Crippen LogP contribution in [-0.2, 0) is 4.79 Å². The van der Waals surface area contributed by atoms with E-state index in [1.807, 2.05) is 9.80 Å². The van der Waals surface area contributed by atoms with Gasteiger partial charge in [-0.3, -0.25) is 4.79 Å². The van der Waals surface area contributed by atoms with E-state index in [0.29, 0.717) is 12.6 Å². The number of urea groups is 1. The molecule has 2 aliphatic rings. The predicted molar refractivity (Wildman–Crippen MR) is 72.9 cm³/mol. The lowest BCUT2D eigenvalue weighted by Crippen LogP contribution is -2.49. The zero-order valence-electron chi connectivity index (χ0n) is 11.7. The van der Waals surface area contributed by atoms with Gasteiger partial charge in [-0.05, 0) is 25.8 Å². The van der Waals surface area contributed by atoms with Crippen LogP contribution >= 0.6 is 0 Å². The summed E-state index contributed by atoms with van der Waals surface area (Å²) in [6.07, 6.45) is 2.83. The second-order valence-electron chi connectivity index (χ2n) is 5.21. The van der Waals surface area contributed by atoms with Crippen LogP contribution in [0, 0.1) is 0 Å². The molecule has 0 unspecified atom stereocenters. The summed E-state index contributed by atoms with van der Waals surface area (Å²) < 4.78 is 0. The summed E-state index contributed by atoms with van der Waals surface area (Å²) in [6, 6.07) is 0.351. The van der Waals surface area contributed by atoms with Crippen molar-refractivity contribution >= 4 is 11.9 Å². The topological polar surface area (TPSA) is 64.7 Å². The molecule has 3 amide bonds. The smallest absolute Gasteiger partial charge is 0.317 e. The minimum absolute atomic E-state index is 0.0504. The average Bonchev–Trinajstić information content (AvgIpc) is 2.85. The summed E-state index contributed by atoms with van der Waals surface area (Å²) in [5.74, 6) is 0.178. The Morgan fingerprint density at radius 1 is 1.37 bits per heavy atom. The molecule has 2 heterocycles. The first-order valence-corrected chi connectivity index (χ1v) is 7.25. The molecule has 2 aliphatic heterocycles. The monoisotopic (exact) mass is 268 g/mol. The van der Waals surface area contributed by atoms with Gasteiger partial charge in [0.25, 0.3) is 0 Å². The van der Waals surface area contributed by atoms with Crippen LogP contribution in [0.1, 0.15) is 26.2 Å². The number of hydrogen-bond donors (Lipinski definition) is 2. The van der Waals surface area contributed by atoms with Crippen molar-refractivity contribution in [3.63, 3.8) is 0 Å². The molecule has 0 aromatic carbocycles. The zero-order chi connectivity index (χ0) is 13.7. The standard InChI is InChI=1S/C13H24N4O2/c1-2-5-14-10-12(18)16-7-3-11(4-8-16)17-9-6-15-13(17)19/h11,14H,2-10H2,1H3,(H,15,19). The fourth-order valence-electron chi connectivity index (χ4n) is 2.75. The van der Waals surface area contributed by atoms with Gasteiger partial charge in [-0.1, -0.05) is 6.92 Å². The van der Waals surface area contributed by atoms with Crippen LogP contribution in [0.4, 0.5) is 4.79 Å². The first kappa shape index (κ1) is 14.1. The molecule has 19 heavy (non-hydrogen) atoms. The van der Waals surface area contributed by atoms with Crippen molar-refractivity contribution in [2.24, 2.45) is 0 Å². The van der Waals surface area contributed by atoms with E-state index >= 15 is 0 Å². The maximum Gasteiger partial charge on any atom is 0.317 e. The molecule has 108 valence electrons. The van der Waals surface area contributed by atoms with E-state index in [1.54, 1.807) is 0 Å². The van der Waals surface area contributed by atoms with Crippen LogP contribution in [0.15, 0.2) is 0 Å². The van der Waals surface area contributed by atoms with Gasteiger partial charge in [0.2, 0.25) is 5.91 Å². The van der Waals surface area contributed by atoms with Crippen molar-refractivity contribution in [2.75, 3.05) is 39.3 Å². The lowest BCUT2D eigenvalue weighted by molar-refractivity contribution is -0.131. The van der Waals surface area contributed by atoms with Crippen LogP contribution in [-0.4, -0.2) is 67.0 Å². The molecule has 6 nitrogen and oxygen atoms in total. The van der Waals surface area contributed by atoms with E-state index in [2.05, 4.69) is 17.6 Å². The number of nitrogens with one attached hydrogen (secondary N) is 2. The van der Waals surface area contributed by atoms with Crippen LogP contribution in [0.2, 0.25) is 0 Å². The van der Waals surface area contributed by atoms with Crippen LogP contribution in [0.3, 0.4) is 0 Å². The summed E-state index contributed by atoms with van der Waals surface area (Å²) in [6.45, 7) is 6.49. The third kappa shape index (κ3) is 3.59. The molecule has 0 aliphatic carbocycles. The molecule has 2 rings (SSSR count). The van der Waals surface area contributed by atoms with Crippen LogP contribution in [0.25, 0.3) is 0 Å². The Morgan fingerprint density at radius 2 is 2.11 bits per heavy atom. The van der Waals surface area contributed by atoms with E-state index in [4.69, 9.17) is 0 Å². The van der Waals surface area contributed by atoms with Gasteiger partial charge in [0.1, 0.15) is 0 Å². The highest BCUT2D eigenvalue weighted by atomic mass is 16.2. The summed E-state index contributed by atoms with van der Waals surface area (Å²) in [5, 5.41) is 5.97. The van der Waals surface area contributed by atoms with E-state index in [0.717, 1.165) is 52.0 Å². The molecule has 0 atom stereocenters. The molecule has 2 N–H and O–H groups in total. The van der Waals surface area contributed by atoms with E-state index < -0.39 is 0 Å². The van der Waals surface area contributed by atoms with Crippen molar-refractivity contribution in [1.29, 1.82) is 0 Å². The van der Waals surface area contributed by atoms with Crippen LogP contribution in [0.5, 0.6) is 0 Å². The summed E-state index contributed by atoms with van der Waals surface area (Å²) in [5.41, 5.74) is 0. The zero-order valence-corrected chi connectivity index (χ0v) is 11.7. The maximum atomic E-state index is 11.9. The van der Waals surface area contributed by atoms with Gasteiger partial charge in [0, 0.05) is 32.2 Å². The number of carbonyl (C=O) groups excluding carboxylic acids is 2. The van der Waals surface area contributed by atoms with Crippen molar-refractivity contribution in [3.8, 4) is 0 Å². The Morgan fingerprint density at radius 3 is 2.68 bits per heavy atom. The quantitative estimate of drug-likeness (QED) is 0.690. The van der Waals surface area contributed by atoms with Gasteiger partial charge in [0.05, 0.1) is 6.54 Å². The Kier molecular flexibility index (Phi) is 5.01. The minimum Gasteiger partial charge on any atom is -0.341 e. The second-order valence-corrected chi connectivity index (χ2v) is 5.21. The highest BCUT2D eigenvalue weighted by molar-refractivity contribution is 5.78. The number of amides is 3. The highest BCUT2D eigenvalue weighted by Gasteiger charge is 2.31.